The third-order valence-corrected chi connectivity index (χ3v) is 5.45. The summed E-state index contributed by atoms with van der Waals surface area (Å²) in [6, 6.07) is 4.26. The van der Waals surface area contributed by atoms with Crippen LogP contribution in [0.25, 0.3) is 0 Å². The second-order valence-corrected chi connectivity index (χ2v) is 6.93. The minimum absolute atomic E-state index is 0.157. The molecule has 3 aliphatic rings. The summed E-state index contributed by atoms with van der Waals surface area (Å²) in [4.78, 5) is 37.5. The van der Waals surface area contributed by atoms with Crippen molar-refractivity contribution in [2.24, 2.45) is 11.8 Å². The molecule has 2 fully saturated rings. The van der Waals surface area contributed by atoms with Gasteiger partial charge in [0.2, 0.25) is 11.8 Å². The van der Waals surface area contributed by atoms with Gasteiger partial charge in [-0.3, -0.25) is 19.7 Å². The third-order valence-electron chi connectivity index (χ3n) is 5.45. The highest BCUT2D eigenvalue weighted by atomic mass is 16.6. The van der Waals surface area contributed by atoms with Gasteiger partial charge in [0.05, 0.1) is 34.7 Å². The maximum Gasteiger partial charge on any atom is 0.274 e. The van der Waals surface area contributed by atoms with Gasteiger partial charge in [0.25, 0.3) is 5.69 Å². The number of aliphatic hydroxyl groups is 1. The van der Waals surface area contributed by atoms with Gasteiger partial charge in [-0.1, -0.05) is 18.2 Å². The lowest BCUT2D eigenvalue weighted by Crippen LogP contribution is -2.43. The molecular formula is C17H16N2O6. The number of nitro groups is 1. The lowest BCUT2D eigenvalue weighted by molar-refractivity contribution is -0.385. The lowest BCUT2D eigenvalue weighted by Gasteiger charge is -2.26. The first kappa shape index (κ1) is 15.9. The fourth-order valence-corrected chi connectivity index (χ4v) is 4.23. The summed E-state index contributed by atoms with van der Waals surface area (Å²) in [5, 5.41) is 20.9. The average molecular weight is 344 g/mol. The van der Waals surface area contributed by atoms with E-state index in [0.717, 1.165) is 4.90 Å². The summed E-state index contributed by atoms with van der Waals surface area (Å²) in [7, 11) is 0. The number of anilines is 1. The number of amides is 2. The Morgan fingerprint density at radius 2 is 1.96 bits per heavy atom. The van der Waals surface area contributed by atoms with E-state index in [2.05, 4.69) is 0 Å². The van der Waals surface area contributed by atoms with Crippen molar-refractivity contribution in [2.45, 2.75) is 25.0 Å². The highest BCUT2D eigenvalue weighted by Crippen LogP contribution is 2.57. The van der Waals surface area contributed by atoms with E-state index in [-0.39, 0.29) is 11.4 Å². The van der Waals surface area contributed by atoms with Crippen LogP contribution in [0.1, 0.15) is 12.5 Å². The summed E-state index contributed by atoms with van der Waals surface area (Å²) >= 11 is 0. The van der Waals surface area contributed by atoms with E-state index in [1.165, 1.54) is 18.2 Å². The number of fused-ring (bicyclic) bond motifs is 5. The molecule has 0 spiro atoms. The van der Waals surface area contributed by atoms with Crippen LogP contribution in [0.5, 0.6) is 0 Å². The van der Waals surface area contributed by atoms with Gasteiger partial charge in [0.1, 0.15) is 5.60 Å². The summed E-state index contributed by atoms with van der Waals surface area (Å²) in [6.45, 7) is 2.88. The second kappa shape index (κ2) is 4.74. The van der Waals surface area contributed by atoms with Crippen LogP contribution in [0.2, 0.25) is 0 Å². The molecule has 3 heterocycles. The Hall–Kier alpha value is -2.58. The van der Waals surface area contributed by atoms with Crippen molar-refractivity contribution in [1.82, 2.24) is 0 Å². The van der Waals surface area contributed by atoms with E-state index >= 15 is 0 Å². The Morgan fingerprint density at radius 3 is 2.60 bits per heavy atom. The molecule has 0 saturated carbocycles. The van der Waals surface area contributed by atoms with Crippen LogP contribution in [-0.4, -0.2) is 39.7 Å². The number of rotatable bonds is 3. The molecule has 4 atom stereocenters. The molecule has 2 amide bonds. The second-order valence-electron chi connectivity index (χ2n) is 6.93. The summed E-state index contributed by atoms with van der Waals surface area (Å²) < 4.78 is 5.83. The van der Waals surface area contributed by atoms with Crippen LogP contribution in [0.3, 0.4) is 0 Å². The molecule has 8 heteroatoms. The molecule has 0 unspecified atom stereocenters. The fourth-order valence-electron chi connectivity index (χ4n) is 4.23. The van der Waals surface area contributed by atoms with Gasteiger partial charge >= 0.3 is 0 Å². The number of benzene rings is 1. The zero-order chi connectivity index (χ0) is 18.1. The van der Waals surface area contributed by atoms with Gasteiger partial charge in [-0.25, -0.2) is 4.90 Å². The number of imide groups is 1. The first-order valence-electron chi connectivity index (χ1n) is 7.88. The molecule has 8 nitrogen and oxygen atoms in total. The van der Waals surface area contributed by atoms with Crippen LogP contribution in [0.4, 0.5) is 11.4 Å². The fraction of sp³-hybridized carbons (Fsp3) is 0.412. The zero-order valence-electron chi connectivity index (χ0n) is 13.6. The van der Waals surface area contributed by atoms with Crippen molar-refractivity contribution in [3.8, 4) is 0 Å². The van der Waals surface area contributed by atoms with Crippen molar-refractivity contribution >= 4 is 23.2 Å². The maximum atomic E-state index is 13.0. The summed E-state index contributed by atoms with van der Waals surface area (Å²) in [5.41, 5.74) is -1.73. The average Bonchev–Trinajstić information content (AvgIpc) is 3.14. The number of aliphatic hydroxyl groups excluding tert-OH is 1. The van der Waals surface area contributed by atoms with Crippen LogP contribution in [-0.2, 0) is 14.3 Å². The van der Waals surface area contributed by atoms with Crippen molar-refractivity contribution in [1.29, 1.82) is 0 Å². The molecule has 0 radical (unpaired) electrons. The number of aryl methyl sites for hydroxylation is 1. The van der Waals surface area contributed by atoms with Gasteiger partial charge in [0, 0.05) is 11.6 Å². The van der Waals surface area contributed by atoms with Crippen molar-refractivity contribution in [3.05, 3.63) is 46.0 Å². The van der Waals surface area contributed by atoms with E-state index in [1.807, 2.05) is 0 Å². The highest BCUT2D eigenvalue weighted by molar-refractivity contribution is 6.23. The minimum atomic E-state index is -1.21. The van der Waals surface area contributed by atoms with E-state index in [4.69, 9.17) is 4.74 Å². The predicted molar refractivity (Wildman–Crippen MR) is 85.8 cm³/mol. The largest absolute Gasteiger partial charge is 0.393 e. The summed E-state index contributed by atoms with van der Waals surface area (Å²) in [5.74, 6) is -2.55. The van der Waals surface area contributed by atoms with Gasteiger partial charge in [-0.15, -0.1) is 0 Å². The van der Waals surface area contributed by atoms with Crippen LogP contribution in [0.15, 0.2) is 30.4 Å². The molecular weight excluding hydrogens is 328 g/mol. The van der Waals surface area contributed by atoms with Crippen molar-refractivity contribution in [3.63, 3.8) is 0 Å². The SMILES string of the molecule is Cc1ccc(N2C(=O)[C@@H]3[C@@H](C2=O)[C@@]2(CO)C=C[C@@]3(C)O2)cc1[N+](=O)[O-]. The maximum absolute atomic E-state index is 13.0. The van der Waals surface area contributed by atoms with E-state index in [0.29, 0.717) is 5.56 Å². The molecule has 0 aromatic heterocycles. The molecule has 3 aliphatic heterocycles. The quantitative estimate of drug-likeness (QED) is 0.380. The topological polar surface area (TPSA) is 110 Å². The van der Waals surface area contributed by atoms with Crippen molar-refractivity contribution in [2.75, 3.05) is 11.5 Å². The number of nitrogens with zero attached hydrogens (tertiary/aromatic N) is 2. The molecule has 1 N–H and O–H groups in total. The third kappa shape index (κ3) is 1.83. The van der Waals surface area contributed by atoms with E-state index in [9.17, 15) is 24.8 Å². The molecule has 1 aromatic carbocycles. The number of carbonyl (C=O) groups is 2. The number of ether oxygens (including phenoxy) is 1. The number of hydrogen-bond donors (Lipinski definition) is 1. The molecule has 130 valence electrons. The smallest absolute Gasteiger partial charge is 0.274 e. The Kier molecular flexibility index (Phi) is 3.02. The predicted octanol–water partition coefficient (Wildman–Crippen LogP) is 1.10. The Labute approximate surface area is 142 Å². The van der Waals surface area contributed by atoms with Crippen LogP contribution >= 0.6 is 0 Å². The monoisotopic (exact) mass is 344 g/mol. The van der Waals surface area contributed by atoms with Gasteiger partial charge in [-0.05, 0) is 19.9 Å². The molecule has 1 aromatic rings. The first-order valence-corrected chi connectivity index (χ1v) is 7.88. The van der Waals surface area contributed by atoms with E-state index < -0.39 is 46.4 Å². The van der Waals surface area contributed by atoms with Crippen LogP contribution in [0, 0.1) is 28.9 Å². The van der Waals surface area contributed by atoms with Gasteiger partial charge in [-0.2, -0.15) is 0 Å². The zero-order valence-corrected chi connectivity index (χ0v) is 13.6. The molecule has 25 heavy (non-hydrogen) atoms. The normalized spacial score (nSPS) is 35.6. The molecule has 0 aliphatic carbocycles. The standard InChI is InChI=1S/C17H16N2O6/c1-9-3-4-10(7-11(9)19(23)24)18-14(21)12-13(15(18)22)17(8-20)6-5-16(12,2)25-17/h3-7,12-13,20H,8H2,1-2H3/t12-,13-,16+,17-/m0/s1. The first-order chi connectivity index (χ1) is 11.7. The lowest BCUT2D eigenvalue weighted by atomic mass is 9.73. The van der Waals surface area contributed by atoms with E-state index in [1.54, 1.807) is 26.0 Å². The number of carbonyl (C=O) groups excluding carboxylic acids is 2. The number of hydrogen-bond acceptors (Lipinski definition) is 6. The highest BCUT2D eigenvalue weighted by Gasteiger charge is 2.72. The molecule has 2 saturated heterocycles. The molecule has 4 rings (SSSR count). The van der Waals surface area contributed by atoms with Gasteiger partial charge < -0.3 is 9.84 Å². The Morgan fingerprint density at radius 1 is 1.28 bits per heavy atom. The van der Waals surface area contributed by atoms with Gasteiger partial charge in [0.15, 0.2) is 0 Å². The van der Waals surface area contributed by atoms with Crippen molar-refractivity contribution < 1.29 is 24.4 Å². The minimum Gasteiger partial charge on any atom is -0.393 e. The Bertz CT molecular complexity index is 865. The number of nitro benzene ring substituents is 1. The Balaban J connectivity index is 1.81. The molecule has 2 bridgehead atoms. The summed E-state index contributed by atoms with van der Waals surface area (Å²) in [6.07, 6.45) is 3.34. The van der Waals surface area contributed by atoms with Crippen LogP contribution < -0.4 is 4.90 Å².